The number of benzene rings is 1. The van der Waals surface area contributed by atoms with E-state index in [2.05, 4.69) is 15.9 Å². The van der Waals surface area contributed by atoms with E-state index in [1.807, 2.05) is 0 Å². The Bertz CT molecular complexity index is 570. The van der Waals surface area contributed by atoms with Crippen molar-refractivity contribution in [3.63, 3.8) is 0 Å². The van der Waals surface area contributed by atoms with Crippen molar-refractivity contribution in [2.24, 2.45) is 0 Å². The number of carboxylic acid groups (broad SMARTS) is 1. The predicted molar refractivity (Wildman–Crippen MR) is 73.9 cm³/mol. The number of nitrogens with zero attached hydrogens (tertiary/aromatic N) is 1. The van der Waals surface area contributed by atoms with Crippen LogP contribution >= 0.6 is 15.9 Å². The minimum atomic E-state index is -3.45. The molecule has 1 aromatic rings. The molecule has 19 heavy (non-hydrogen) atoms. The maximum atomic E-state index is 12.2. The van der Waals surface area contributed by atoms with Crippen LogP contribution in [0.1, 0.15) is 12.8 Å². The van der Waals surface area contributed by atoms with Gasteiger partial charge in [0, 0.05) is 17.1 Å². The number of likely N-dealkylation sites (tertiary alicyclic amines) is 1. The summed E-state index contributed by atoms with van der Waals surface area (Å²) in [6.45, 7) is 0.413. The minimum Gasteiger partial charge on any atom is -0.465 e. The van der Waals surface area contributed by atoms with Crippen molar-refractivity contribution in [2.45, 2.75) is 23.8 Å². The van der Waals surface area contributed by atoms with Crippen LogP contribution in [0.4, 0.5) is 4.79 Å². The molecule has 0 saturated carbocycles. The molecule has 0 unspecified atom stereocenters. The number of hydrogen-bond donors (Lipinski definition) is 1. The quantitative estimate of drug-likeness (QED) is 0.910. The van der Waals surface area contributed by atoms with Crippen LogP contribution in [0.2, 0.25) is 0 Å². The standard InChI is InChI=1S/C12H14BrNO4S/c13-9-3-5-11(6-4-9)19(17,18)8-10-2-1-7-14(10)12(15)16/h3-6,10H,1-2,7-8H2,(H,15,16)/t10-/m0/s1. The Morgan fingerprint density at radius 3 is 2.58 bits per heavy atom. The van der Waals surface area contributed by atoms with Crippen molar-refractivity contribution >= 4 is 31.9 Å². The van der Waals surface area contributed by atoms with Crippen LogP contribution in [0.15, 0.2) is 33.6 Å². The van der Waals surface area contributed by atoms with Crippen LogP contribution in [-0.2, 0) is 9.84 Å². The number of rotatable bonds is 3. The van der Waals surface area contributed by atoms with Gasteiger partial charge in [0.25, 0.3) is 0 Å². The third-order valence-corrected chi connectivity index (χ3v) is 5.55. The lowest BCUT2D eigenvalue weighted by atomic mass is 10.2. The first-order chi connectivity index (χ1) is 8.90. The van der Waals surface area contributed by atoms with Gasteiger partial charge in [0.2, 0.25) is 0 Å². The van der Waals surface area contributed by atoms with Gasteiger partial charge < -0.3 is 10.0 Å². The van der Waals surface area contributed by atoms with Crippen LogP contribution in [0.5, 0.6) is 0 Å². The van der Waals surface area contributed by atoms with Gasteiger partial charge in [-0.25, -0.2) is 13.2 Å². The van der Waals surface area contributed by atoms with Gasteiger partial charge in [0.15, 0.2) is 9.84 Å². The first-order valence-electron chi connectivity index (χ1n) is 5.88. The Kier molecular flexibility index (Phi) is 4.15. The Morgan fingerprint density at radius 2 is 2.00 bits per heavy atom. The summed E-state index contributed by atoms with van der Waals surface area (Å²) >= 11 is 3.25. The largest absolute Gasteiger partial charge is 0.465 e. The summed E-state index contributed by atoms with van der Waals surface area (Å²) in [5.74, 6) is -0.152. The zero-order chi connectivity index (χ0) is 14.0. The maximum absolute atomic E-state index is 12.2. The molecule has 1 aliphatic rings. The lowest BCUT2D eigenvalue weighted by Gasteiger charge is -2.21. The Morgan fingerprint density at radius 1 is 1.37 bits per heavy atom. The van der Waals surface area contributed by atoms with Gasteiger partial charge in [0.05, 0.1) is 10.6 Å². The SMILES string of the molecule is O=C(O)N1CCC[C@H]1CS(=O)(=O)c1ccc(Br)cc1. The molecule has 1 heterocycles. The molecule has 1 saturated heterocycles. The van der Waals surface area contributed by atoms with E-state index in [-0.39, 0.29) is 10.6 Å². The van der Waals surface area contributed by atoms with Crippen molar-refractivity contribution < 1.29 is 18.3 Å². The third kappa shape index (κ3) is 3.27. The molecule has 7 heteroatoms. The highest BCUT2D eigenvalue weighted by Crippen LogP contribution is 2.23. The summed E-state index contributed by atoms with van der Waals surface area (Å²) in [5, 5.41) is 9.01. The second-order valence-electron chi connectivity index (χ2n) is 4.51. The Hall–Kier alpha value is -1.08. The Labute approximate surface area is 120 Å². The van der Waals surface area contributed by atoms with E-state index in [9.17, 15) is 13.2 Å². The molecule has 1 N–H and O–H groups in total. The summed E-state index contributed by atoms with van der Waals surface area (Å²) in [5.41, 5.74) is 0. The summed E-state index contributed by atoms with van der Waals surface area (Å²) in [6, 6.07) is 5.94. The van der Waals surface area contributed by atoms with Crippen molar-refractivity contribution in [1.29, 1.82) is 0 Å². The summed E-state index contributed by atoms with van der Waals surface area (Å²) in [6.07, 6.45) is 0.267. The van der Waals surface area contributed by atoms with Crippen LogP contribution in [0.25, 0.3) is 0 Å². The predicted octanol–water partition coefficient (Wildman–Crippen LogP) is 2.37. The van der Waals surface area contributed by atoms with Crippen LogP contribution in [0.3, 0.4) is 0 Å². The van der Waals surface area contributed by atoms with E-state index < -0.39 is 22.0 Å². The van der Waals surface area contributed by atoms with E-state index in [0.29, 0.717) is 19.4 Å². The molecule has 1 aliphatic heterocycles. The summed E-state index contributed by atoms with van der Waals surface area (Å²) in [4.78, 5) is 12.5. The van der Waals surface area contributed by atoms with E-state index >= 15 is 0 Å². The van der Waals surface area contributed by atoms with Gasteiger partial charge in [-0.05, 0) is 37.1 Å². The second-order valence-corrected chi connectivity index (χ2v) is 7.46. The van der Waals surface area contributed by atoms with Gasteiger partial charge in [-0.1, -0.05) is 15.9 Å². The molecular weight excluding hydrogens is 334 g/mol. The highest BCUT2D eigenvalue weighted by molar-refractivity contribution is 9.10. The molecule has 1 amide bonds. The molecule has 0 radical (unpaired) electrons. The third-order valence-electron chi connectivity index (χ3n) is 3.21. The molecule has 0 bridgehead atoms. The monoisotopic (exact) mass is 347 g/mol. The van der Waals surface area contributed by atoms with E-state index in [4.69, 9.17) is 5.11 Å². The molecule has 104 valence electrons. The van der Waals surface area contributed by atoms with E-state index in [1.165, 1.54) is 17.0 Å². The lowest BCUT2D eigenvalue weighted by molar-refractivity contribution is 0.144. The zero-order valence-corrected chi connectivity index (χ0v) is 12.5. The number of amides is 1. The fraction of sp³-hybridized carbons (Fsp3) is 0.417. The molecule has 5 nitrogen and oxygen atoms in total. The fourth-order valence-electron chi connectivity index (χ4n) is 2.25. The Balaban J connectivity index is 2.17. The van der Waals surface area contributed by atoms with Crippen LogP contribution < -0.4 is 0 Å². The molecule has 0 aromatic heterocycles. The molecule has 1 atom stereocenters. The van der Waals surface area contributed by atoms with Crippen molar-refractivity contribution in [3.05, 3.63) is 28.7 Å². The second kappa shape index (κ2) is 5.50. The molecular formula is C12H14BrNO4S. The van der Waals surface area contributed by atoms with Crippen LogP contribution in [-0.4, -0.2) is 42.9 Å². The van der Waals surface area contributed by atoms with Gasteiger partial charge in [-0.15, -0.1) is 0 Å². The molecule has 1 aromatic carbocycles. The summed E-state index contributed by atoms with van der Waals surface area (Å²) in [7, 11) is -3.45. The first-order valence-corrected chi connectivity index (χ1v) is 8.32. The number of sulfone groups is 1. The fourth-order valence-corrected chi connectivity index (χ4v) is 4.11. The van der Waals surface area contributed by atoms with E-state index in [0.717, 1.165) is 4.47 Å². The molecule has 1 fully saturated rings. The average Bonchev–Trinajstić information content (AvgIpc) is 2.77. The van der Waals surface area contributed by atoms with Crippen molar-refractivity contribution in [1.82, 2.24) is 4.90 Å². The van der Waals surface area contributed by atoms with Crippen molar-refractivity contribution in [2.75, 3.05) is 12.3 Å². The molecule has 0 spiro atoms. The van der Waals surface area contributed by atoms with Crippen LogP contribution in [0, 0.1) is 0 Å². The van der Waals surface area contributed by atoms with Crippen molar-refractivity contribution in [3.8, 4) is 0 Å². The average molecular weight is 348 g/mol. The number of carbonyl (C=O) groups is 1. The van der Waals surface area contributed by atoms with Gasteiger partial charge in [0.1, 0.15) is 0 Å². The normalized spacial score (nSPS) is 19.6. The number of hydrogen-bond acceptors (Lipinski definition) is 3. The van der Waals surface area contributed by atoms with Gasteiger partial charge >= 0.3 is 6.09 Å². The summed E-state index contributed by atoms with van der Waals surface area (Å²) < 4.78 is 25.3. The maximum Gasteiger partial charge on any atom is 0.407 e. The first kappa shape index (κ1) is 14.3. The lowest BCUT2D eigenvalue weighted by Crippen LogP contribution is -2.38. The van der Waals surface area contributed by atoms with Gasteiger partial charge in [-0.2, -0.15) is 0 Å². The zero-order valence-electron chi connectivity index (χ0n) is 10.1. The smallest absolute Gasteiger partial charge is 0.407 e. The highest BCUT2D eigenvalue weighted by atomic mass is 79.9. The molecule has 2 rings (SSSR count). The minimum absolute atomic E-state index is 0.152. The van der Waals surface area contributed by atoms with E-state index in [1.54, 1.807) is 12.1 Å². The topological polar surface area (TPSA) is 74.7 Å². The number of halogens is 1. The molecule has 0 aliphatic carbocycles. The highest BCUT2D eigenvalue weighted by Gasteiger charge is 2.32. The van der Waals surface area contributed by atoms with Gasteiger partial charge in [-0.3, -0.25) is 0 Å².